The Hall–Kier alpha value is -4.46. The highest BCUT2D eigenvalue weighted by molar-refractivity contribution is 6.06. The van der Waals surface area contributed by atoms with E-state index in [1.54, 1.807) is 0 Å². The van der Waals surface area contributed by atoms with E-state index in [4.69, 9.17) is 39.5 Å². The van der Waals surface area contributed by atoms with Crippen LogP contribution in [-0.2, 0) is 60.8 Å². The number of aliphatic carboxylic acids is 1. The van der Waals surface area contributed by atoms with Crippen molar-refractivity contribution in [2.24, 2.45) is 0 Å². The van der Waals surface area contributed by atoms with Gasteiger partial charge >= 0.3 is 5.97 Å². The number of benzene rings is 1. The van der Waals surface area contributed by atoms with Gasteiger partial charge in [-0.2, -0.15) is 0 Å². The van der Waals surface area contributed by atoms with Gasteiger partial charge in [-0.25, -0.2) is 14.8 Å². The largest absolute Gasteiger partial charge is 0.480 e. The summed E-state index contributed by atoms with van der Waals surface area (Å²) in [6.45, 7) is 2.85. The first-order chi connectivity index (χ1) is 23.3. The highest BCUT2D eigenvalue weighted by Crippen LogP contribution is 2.29. The normalized spacial score (nSPS) is 11.2. The number of amides is 3. The van der Waals surface area contributed by atoms with E-state index in [2.05, 4.69) is 30.2 Å². The predicted molar refractivity (Wildman–Crippen MR) is 170 cm³/mol. The van der Waals surface area contributed by atoms with E-state index < -0.39 is 24.4 Å². The minimum Gasteiger partial charge on any atom is -0.480 e. The number of ether oxygens (including phenoxy) is 6. The minimum absolute atomic E-state index is 0.0747. The highest BCUT2D eigenvalue weighted by Gasteiger charge is 2.17. The van der Waals surface area contributed by atoms with Gasteiger partial charge in [-0.3, -0.25) is 14.4 Å². The number of nitrogen functional groups attached to an aromatic ring is 1. The van der Waals surface area contributed by atoms with E-state index in [0.29, 0.717) is 44.1 Å². The monoisotopic (exact) mass is 677 g/mol. The van der Waals surface area contributed by atoms with Gasteiger partial charge in [-0.1, -0.05) is 18.2 Å². The average Bonchev–Trinajstić information content (AvgIpc) is 3.43. The number of aryl methyl sites for hydroxylation is 1. The number of hydrogen-bond donors (Lipinski definition) is 5. The number of anilines is 1. The van der Waals surface area contributed by atoms with Crippen LogP contribution in [0, 0.1) is 0 Å². The molecule has 0 atom stereocenters. The summed E-state index contributed by atoms with van der Waals surface area (Å²) in [4.78, 5) is 55.0. The van der Waals surface area contributed by atoms with Crippen molar-refractivity contribution in [2.45, 2.75) is 26.5 Å². The van der Waals surface area contributed by atoms with Crippen molar-refractivity contribution >= 4 is 51.4 Å². The molecule has 0 spiro atoms. The number of fused-ring (bicyclic) bond motifs is 3. The molecule has 0 bridgehead atoms. The molecule has 0 saturated carbocycles. The van der Waals surface area contributed by atoms with Crippen molar-refractivity contribution in [3.8, 4) is 0 Å². The van der Waals surface area contributed by atoms with Crippen LogP contribution >= 0.6 is 0 Å². The maximum Gasteiger partial charge on any atom is 0.329 e. The molecule has 48 heavy (non-hydrogen) atoms. The quantitative estimate of drug-likeness (QED) is 0.0563. The van der Waals surface area contributed by atoms with Crippen LogP contribution < -0.4 is 21.7 Å². The number of aromatic nitrogens is 3. The maximum atomic E-state index is 12.2. The van der Waals surface area contributed by atoms with Gasteiger partial charge in [-0.05, 0) is 19.4 Å². The first-order valence-electron chi connectivity index (χ1n) is 15.3. The van der Waals surface area contributed by atoms with Crippen LogP contribution in [0.5, 0.6) is 0 Å². The van der Waals surface area contributed by atoms with Crippen LogP contribution in [0.4, 0.5) is 5.82 Å². The van der Waals surface area contributed by atoms with Gasteiger partial charge in [-0.15, -0.1) is 0 Å². The van der Waals surface area contributed by atoms with Crippen molar-refractivity contribution in [1.29, 1.82) is 0 Å². The second-order valence-corrected chi connectivity index (χ2v) is 10.1. The fraction of sp³-hybridized carbons (Fsp3) is 0.533. The number of imidazole rings is 1. The Morgan fingerprint density at radius 1 is 0.792 bits per heavy atom. The summed E-state index contributed by atoms with van der Waals surface area (Å²) < 4.78 is 33.0. The molecule has 2 heterocycles. The van der Waals surface area contributed by atoms with Crippen LogP contribution in [0.2, 0.25) is 0 Å². The molecule has 264 valence electrons. The molecule has 0 aliphatic rings. The molecule has 0 saturated heterocycles. The predicted octanol–water partition coefficient (Wildman–Crippen LogP) is -0.475. The molecule has 0 unspecified atom stereocenters. The zero-order valence-electron chi connectivity index (χ0n) is 26.9. The molecular formula is C30H43N7O11. The fourth-order valence-corrected chi connectivity index (χ4v) is 4.33. The Morgan fingerprint density at radius 2 is 1.40 bits per heavy atom. The van der Waals surface area contributed by atoms with E-state index in [1.165, 1.54) is 0 Å². The SMILES string of the molecule is CCOCc1nc2c(N)nc3ccccc3c2n1CCCNC(=O)COCC(=O)NCCOCOCOCCNC(=O)COCC(=O)O. The summed E-state index contributed by atoms with van der Waals surface area (Å²) >= 11 is 0. The number of carboxylic acids is 1. The zero-order chi connectivity index (χ0) is 34.6. The number of rotatable bonds is 25. The first-order valence-corrected chi connectivity index (χ1v) is 15.3. The van der Waals surface area contributed by atoms with Gasteiger partial charge in [0.1, 0.15) is 58.0 Å². The molecule has 18 nitrogen and oxygen atoms in total. The van der Waals surface area contributed by atoms with Gasteiger partial charge in [0.15, 0.2) is 5.82 Å². The minimum atomic E-state index is -1.16. The summed E-state index contributed by atoms with van der Waals surface area (Å²) in [6.07, 6.45) is 0.606. The van der Waals surface area contributed by atoms with Gasteiger partial charge < -0.3 is 59.8 Å². The number of para-hydroxylation sites is 1. The number of nitrogens with zero attached hydrogens (tertiary/aromatic N) is 3. The third-order valence-corrected chi connectivity index (χ3v) is 6.40. The van der Waals surface area contributed by atoms with Crippen molar-refractivity contribution in [3.05, 3.63) is 30.1 Å². The Labute approximate surface area is 276 Å². The summed E-state index contributed by atoms with van der Waals surface area (Å²) in [6, 6.07) is 7.71. The third-order valence-electron chi connectivity index (χ3n) is 6.40. The van der Waals surface area contributed by atoms with Crippen molar-refractivity contribution < 1.29 is 52.7 Å². The number of carbonyl (C=O) groups is 4. The van der Waals surface area contributed by atoms with Gasteiger partial charge in [0.25, 0.3) is 0 Å². The van der Waals surface area contributed by atoms with Crippen molar-refractivity contribution in [1.82, 2.24) is 30.5 Å². The lowest BCUT2D eigenvalue weighted by molar-refractivity contribution is -0.144. The number of nitrogens with one attached hydrogen (secondary N) is 3. The maximum absolute atomic E-state index is 12.2. The van der Waals surface area contributed by atoms with E-state index in [9.17, 15) is 19.2 Å². The van der Waals surface area contributed by atoms with E-state index in [1.807, 2.05) is 31.2 Å². The number of nitrogens with two attached hydrogens (primary N) is 1. The van der Waals surface area contributed by atoms with E-state index in [0.717, 1.165) is 22.2 Å². The molecule has 2 aromatic heterocycles. The van der Waals surface area contributed by atoms with E-state index in [-0.39, 0.29) is 65.6 Å². The van der Waals surface area contributed by atoms with Gasteiger partial charge in [0.2, 0.25) is 17.7 Å². The first kappa shape index (κ1) is 38.0. The average molecular weight is 678 g/mol. The summed E-state index contributed by atoms with van der Waals surface area (Å²) in [5, 5.41) is 17.2. The van der Waals surface area contributed by atoms with Crippen molar-refractivity contribution in [3.63, 3.8) is 0 Å². The summed E-state index contributed by atoms with van der Waals surface area (Å²) in [5.74, 6) is -1.29. The molecule has 0 aliphatic carbocycles. The smallest absolute Gasteiger partial charge is 0.329 e. The Morgan fingerprint density at radius 3 is 2.02 bits per heavy atom. The molecule has 18 heteroatoms. The molecule has 3 aromatic rings. The molecule has 3 rings (SSSR count). The van der Waals surface area contributed by atoms with Gasteiger partial charge in [0.05, 0.1) is 24.2 Å². The Bertz CT molecular complexity index is 1480. The topological polar surface area (TPSA) is 237 Å². The van der Waals surface area contributed by atoms with Crippen LogP contribution in [-0.4, -0.2) is 123 Å². The number of carboxylic acid groups (broad SMARTS) is 1. The van der Waals surface area contributed by atoms with Gasteiger partial charge in [0, 0.05) is 38.2 Å². The van der Waals surface area contributed by atoms with Crippen molar-refractivity contribution in [2.75, 3.05) is 85.2 Å². The standard InChI is InChI=1S/C30H43N7O11/c1-2-43-14-23-36-28-29(21-6-3-4-7-22(21)35-30(28)31)37(23)11-5-8-32-24(38)15-46-16-25(39)33-9-12-44-19-48-20-45-13-10-34-26(40)17-47-18-27(41)42/h3-4,6-7H,2,5,8-20H2,1H3,(H2,31,35)(H,32,38)(H,33,39)(H,34,40)(H,41,42). The Kier molecular flexibility index (Phi) is 17.0. The third kappa shape index (κ3) is 13.3. The van der Waals surface area contributed by atoms with Crippen LogP contribution in [0.3, 0.4) is 0 Å². The fourth-order valence-electron chi connectivity index (χ4n) is 4.33. The van der Waals surface area contributed by atoms with Crippen LogP contribution in [0.15, 0.2) is 24.3 Å². The lowest BCUT2D eigenvalue weighted by Crippen LogP contribution is -2.34. The second-order valence-electron chi connectivity index (χ2n) is 10.1. The number of pyridine rings is 1. The molecular weight excluding hydrogens is 634 g/mol. The molecule has 0 aliphatic heterocycles. The van der Waals surface area contributed by atoms with Crippen LogP contribution in [0.1, 0.15) is 19.2 Å². The molecule has 1 aromatic carbocycles. The second kappa shape index (κ2) is 21.4. The highest BCUT2D eigenvalue weighted by atomic mass is 16.7. The van der Waals surface area contributed by atoms with Crippen LogP contribution in [0.25, 0.3) is 21.9 Å². The molecule has 0 radical (unpaired) electrons. The Balaban J connectivity index is 1.22. The summed E-state index contributed by atoms with van der Waals surface area (Å²) in [7, 11) is 0. The lowest BCUT2D eigenvalue weighted by Gasteiger charge is -2.12. The molecule has 0 fully saturated rings. The lowest BCUT2D eigenvalue weighted by atomic mass is 10.2. The number of hydrogen-bond acceptors (Lipinski definition) is 13. The molecule has 3 amide bonds. The zero-order valence-corrected chi connectivity index (χ0v) is 26.9. The number of carbonyl (C=O) groups excluding carboxylic acids is 3. The molecule has 6 N–H and O–H groups in total. The van der Waals surface area contributed by atoms with E-state index >= 15 is 0 Å². The summed E-state index contributed by atoms with van der Waals surface area (Å²) in [5.41, 5.74) is 8.48.